The lowest BCUT2D eigenvalue weighted by atomic mass is 9.93. The van der Waals surface area contributed by atoms with Crippen LogP contribution in [0.1, 0.15) is 5.56 Å². The Morgan fingerprint density at radius 2 is 1.11 bits per heavy atom. The number of hydrogen-bond acceptors (Lipinski definition) is 4. The molecule has 0 unspecified atom stereocenters. The summed E-state index contributed by atoms with van der Waals surface area (Å²) in [6, 6.07) is 26.0. The Balaban J connectivity index is 1.60. The monoisotopic (exact) mass is 482 g/mol. The van der Waals surface area contributed by atoms with E-state index in [1.165, 1.54) is 58.6 Å². The number of hydrogen-bond donors (Lipinski definition) is 0. The predicted octanol–water partition coefficient (Wildman–Crippen LogP) is 8.80. The standard InChI is InChI=1S/C32H22N2OS/c1-19-3-5-20(6-4-19)25-15-29-31(23-11-13-33-17-27(23)25)32-24-12-14-34-18-28(24)26(16-30(32)36-29)21-7-9-22(35-2)10-8-21/h3-18H,1-2H3. The fraction of sp³-hybridized carbons (Fsp3) is 0.0625. The van der Waals surface area contributed by atoms with Gasteiger partial charge in [0, 0.05) is 55.7 Å². The van der Waals surface area contributed by atoms with E-state index in [0.717, 1.165) is 16.7 Å². The lowest BCUT2D eigenvalue weighted by molar-refractivity contribution is 0.415. The highest BCUT2D eigenvalue weighted by atomic mass is 32.1. The largest absolute Gasteiger partial charge is 0.497 e. The highest BCUT2D eigenvalue weighted by Gasteiger charge is 2.18. The van der Waals surface area contributed by atoms with Crippen LogP contribution in [0.5, 0.6) is 5.75 Å². The lowest BCUT2D eigenvalue weighted by Gasteiger charge is -2.11. The number of aryl methyl sites for hydroxylation is 1. The number of nitrogens with zero attached hydrogens (tertiary/aromatic N) is 2. The molecule has 4 aromatic carbocycles. The van der Waals surface area contributed by atoms with Crippen LogP contribution in [0.15, 0.2) is 97.6 Å². The number of thiophene rings is 1. The molecule has 0 fully saturated rings. The Bertz CT molecular complexity index is 1920. The molecule has 36 heavy (non-hydrogen) atoms. The zero-order chi connectivity index (χ0) is 24.2. The molecule has 0 aliphatic rings. The van der Waals surface area contributed by atoms with Crippen LogP contribution in [0.25, 0.3) is 64.0 Å². The maximum atomic E-state index is 5.38. The van der Waals surface area contributed by atoms with Crippen molar-refractivity contribution >= 4 is 53.1 Å². The third-order valence-electron chi connectivity index (χ3n) is 7.04. The van der Waals surface area contributed by atoms with Crippen LogP contribution in [-0.4, -0.2) is 17.1 Å². The quantitative estimate of drug-likeness (QED) is 0.252. The molecule has 3 aromatic heterocycles. The molecule has 0 saturated carbocycles. The van der Waals surface area contributed by atoms with Gasteiger partial charge in [-0.25, -0.2) is 0 Å². The molecule has 0 radical (unpaired) electrons. The van der Waals surface area contributed by atoms with Crippen molar-refractivity contribution < 1.29 is 4.74 Å². The average Bonchev–Trinajstić information content (AvgIpc) is 3.32. The molecule has 0 aliphatic carbocycles. The van der Waals surface area contributed by atoms with Gasteiger partial charge in [0.15, 0.2) is 0 Å². The van der Waals surface area contributed by atoms with Gasteiger partial charge in [-0.2, -0.15) is 0 Å². The van der Waals surface area contributed by atoms with E-state index in [4.69, 9.17) is 4.74 Å². The number of methoxy groups -OCH3 is 1. The van der Waals surface area contributed by atoms with E-state index < -0.39 is 0 Å². The van der Waals surface area contributed by atoms with Crippen LogP contribution >= 0.6 is 11.3 Å². The zero-order valence-corrected chi connectivity index (χ0v) is 20.8. The number of aromatic nitrogens is 2. The SMILES string of the molecule is COc1ccc(-c2cc3sc4cc(-c5ccc(C)cc5)c5cnccc5c4c3c3ccncc23)cc1. The topological polar surface area (TPSA) is 35.0 Å². The molecular formula is C32H22N2OS. The maximum absolute atomic E-state index is 5.38. The molecule has 0 atom stereocenters. The molecule has 0 amide bonds. The Labute approximate surface area is 212 Å². The third kappa shape index (κ3) is 3.19. The molecule has 3 nitrogen and oxygen atoms in total. The minimum absolute atomic E-state index is 0.854. The van der Waals surface area contributed by atoms with Crippen molar-refractivity contribution in [2.75, 3.05) is 7.11 Å². The van der Waals surface area contributed by atoms with E-state index in [0.29, 0.717) is 0 Å². The molecule has 7 rings (SSSR count). The van der Waals surface area contributed by atoms with Gasteiger partial charge < -0.3 is 4.74 Å². The van der Waals surface area contributed by atoms with E-state index in [1.54, 1.807) is 7.11 Å². The second kappa shape index (κ2) is 8.14. The van der Waals surface area contributed by atoms with Crippen LogP contribution in [-0.2, 0) is 0 Å². The molecule has 3 heterocycles. The Morgan fingerprint density at radius 1 is 0.611 bits per heavy atom. The molecule has 0 aliphatic heterocycles. The molecule has 0 N–H and O–H groups in total. The van der Waals surface area contributed by atoms with Crippen molar-refractivity contribution in [3.63, 3.8) is 0 Å². The summed E-state index contributed by atoms with van der Waals surface area (Å²) in [5.74, 6) is 0.854. The first-order chi connectivity index (χ1) is 17.7. The smallest absolute Gasteiger partial charge is 0.118 e. The average molecular weight is 483 g/mol. The molecular weight excluding hydrogens is 460 g/mol. The molecule has 0 saturated heterocycles. The van der Waals surface area contributed by atoms with Crippen molar-refractivity contribution in [2.24, 2.45) is 0 Å². The van der Waals surface area contributed by atoms with Crippen LogP contribution in [0, 0.1) is 6.92 Å². The molecule has 172 valence electrons. The zero-order valence-electron chi connectivity index (χ0n) is 19.9. The van der Waals surface area contributed by atoms with Crippen LogP contribution in [0.4, 0.5) is 0 Å². The van der Waals surface area contributed by atoms with Crippen molar-refractivity contribution in [2.45, 2.75) is 6.92 Å². The highest BCUT2D eigenvalue weighted by Crippen LogP contribution is 2.47. The van der Waals surface area contributed by atoms with Gasteiger partial charge >= 0.3 is 0 Å². The van der Waals surface area contributed by atoms with Crippen molar-refractivity contribution in [1.82, 2.24) is 9.97 Å². The predicted molar refractivity (Wildman–Crippen MR) is 152 cm³/mol. The van der Waals surface area contributed by atoms with Crippen LogP contribution in [0.3, 0.4) is 0 Å². The third-order valence-corrected chi connectivity index (χ3v) is 8.12. The van der Waals surface area contributed by atoms with Gasteiger partial charge in [-0.1, -0.05) is 42.0 Å². The number of ether oxygens (including phenoxy) is 1. The lowest BCUT2D eigenvalue weighted by Crippen LogP contribution is -1.87. The summed E-state index contributed by atoms with van der Waals surface area (Å²) in [7, 11) is 1.70. The summed E-state index contributed by atoms with van der Waals surface area (Å²) in [5, 5.41) is 7.37. The summed E-state index contributed by atoms with van der Waals surface area (Å²) in [5.41, 5.74) is 6.03. The summed E-state index contributed by atoms with van der Waals surface area (Å²) in [6.45, 7) is 2.12. The number of fused-ring (bicyclic) bond motifs is 7. The maximum Gasteiger partial charge on any atom is 0.118 e. The highest BCUT2D eigenvalue weighted by molar-refractivity contribution is 7.26. The van der Waals surface area contributed by atoms with E-state index in [2.05, 4.69) is 77.6 Å². The van der Waals surface area contributed by atoms with Gasteiger partial charge in [-0.05, 0) is 76.3 Å². The van der Waals surface area contributed by atoms with Gasteiger partial charge in [0.2, 0.25) is 0 Å². The normalized spacial score (nSPS) is 11.6. The summed E-state index contributed by atoms with van der Waals surface area (Å²) in [4.78, 5) is 9.00. The van der Waals surface area contributed by atoms with Crippen LogP contribution < -0.4 is 4.74 Å². The second-order valence-corrected chi connectivity index (χ2v) is 10.2. The summed E-state index contributed by atoms with van der Waals surface area (Å²) < 4.78 is 7.94. The minimum Gasteiger partial charge on any atom is -0.497 e. The Morgan fingerprint density at radius 3 is 1.61 bits per heavy atom. The van der Waals surface area contributed by atoms with Gasteiger partial charge in [0.1, 0.15) is 5.75 Å². The molecule has 0 bridgehead atoms. The van der Waals surface area contributed by atoms with Gasteiger partial charge in [-0.3, -0.25) is 9.97 Å². The van der Waals surface area contributed by atoms with Gasteiger partial charge in [-0.15, -0.1) is 11.3 Å². The summed E-state index contributed by atoms with van der Waals surface area (Å²) >= 11 is 1.85. The first-order valence-electron chi connectivity index (χ1n) is 11.9. The van der Waals surface area contributed by atoms with Crippen molar-refractivity contribution in [3.05, 3.63) is 103 Å². The molecule has 4 heteroatoms. The van der Waals surface area contributed by atoms with Crippen LogP contribution in [0.2, 0.25) is 0 Å². The minimum atomic E-state index is 0.854. The fourth-order valence-corrected chi connectivity index (χ4v) is 6.48. The second-order valence-electron chi connectivity index (χ2n) is 9.13. The van der Waals surface area contributed by atoms with E-state index >= 15 is 0 Å². The van der Waals surface area contributed by atoms with E-state index in [1.807, 2.05) is 48.3 Å². The van der Waals surface area contributed by atoms with Gasteiger partial charge in [0.25, 0.3) is 0 Å². The van der Waals surface area contributed by atoms with Gasteiger partial charge in [0.05, 0.1) is 7.11 Å². The number of benzene rings is 4. The number of rotatable bonds is 3. The van der Waals surface area contributed by atoms with E-state index in [9.17, 15) is 0 Å². The fourth-order valence-electron chi connectivity index (χ4n) is 5.26. The molecule has 0 spiro atoms. The van der Waals surface area contributed by atoms with E-state index in [-0.39, 0.29) is 0 Å². The molecule has 7 aromatic rings. The van der Waals surface area contributed by atoms with Crippen molar-refractivity contribution in [3.8, 4) is 28.0 Å². The first kappa shape index (κ1) is 21.0. The summed E-state index contributed by atoms with van der Waals surface area (Å²) in [6.07, 6.45) is 7.79. The van der Waals surface area contributed by atoms with Crippen molar-refractivity contribution in [1.29, 1.82) is 0 Å². The number of pyridine rings is 2. The Hall–Kier alpha value is -4.28. The first-order valence-corrected chi connectivity index (χ1v) is 12.7. The Kier molecular flexibility index (Phi) is 4.76.